The van der Waals surface area contributed by atoms with Crippen LogP contribution < -0.4 is 10.2 Å². The lowest BCUT2D eigenvalue weighted by Crippen LogP contribution is -2.25. The third kappa shape index (κ3) is 2.09. The summed E-state index contributed by atoms with van der Waals surface area (Å²) in [5.41, 5.74) is 9.74. The Labute approximate surface area is 203 Å². The van der Waals surface area contributed by atoms with Crippen LogP contribution in [-0.2, 0) is 6.42 Å². The number of aromatic nitrogens is 1. The van der Waals surface area contributed by atoms with Gasteiger partial charge in [0, 0.05) is 27.5 Å². The van der Waals surface area contributed by atoms with E-state index >= 15 is 0 Å². The minimum atomic E-state index is 0.266. The van der Waals surface area contributed by atoms with Crippen molar-refractivity contribution in [2.75, 3.05) is 4.90 Å². The lowest BCUT2D eigenvalue weighted by atomic mass is 9.83. The van der Waals surface area contributed by atoms with Crippen molar-refractivity contribution in [3.05, 3.63) is 107 Å². The first-order valence-electron chi connectivity index (χ1n) is 12.8. The molecule has 2 nitrogen and oxygen atoms in total. The van der Waals surface area contributed by atoms with Gasteiger partial charge < -0.3 is 9.47 Å². The predicted octanol–water partition coefficient (Wildman–Crippen LogP) is 7.36. The minimum Gasteiger partial charge on any atom is -0.333 e. The van der Waals surface area contributed by atoms with E-state index in [1.54, 1.807) is 0 Å². The maximum atomic E-state index is 2.64. The molecule has 4 aromatic carbocycles. The summed E-state index contributed by atoms with van der Waals surface area (Å²) in [4.78, 5) is 2.64. The third-order valence-electron chi connectivity index (χ3n) is 8.65. The summed E-state index contributed by atoms with van der Waals surface area (Å²) < 4.78 is 2.50. The number of para-hydroxylation sites is 1. The molecular weight excluding hydrogens is 424 g/mol. The van der Waals surface area contributed by atoms with Gasteiger partial charge in [-0.05, 0) is 76.6 Å². The molecule has 0 saturated carbocycles. The van der Waals surface area contributed by atoms with E-state index in [0.29, 0.717) is 5.92 Å². The number of nitrogens with zero attached hydrogens (tertiary/aromatic N) is 2. The molecule has 0 bridgehead atoms. The molecule has 0 amide bonds. The van der Waals surface area contributed by atoms with E-state index in [1.165, 1.54) is 71.6 Å². The average molecular weight is 449 g/mol. The highest BCUT2D eigenvalue weighted by molar-refractivity contribution is 6.30. The Morgan fingerprint density at radius 1 is 0.829 bits per heavy atom. The van der Waals surface area contributed by atoms with Crippen LogP contribution in [0.25, 0.3) is 50.3 Å². The number of rotatable bonds is 2. The van der Waals surface area contributed by atoms with E-state index < -0.39 is 0 Å². The summed E-state index contributed by atoms with van der Waals surface area (Å²) >= 11 is 0. The first-order valence-corrected chi connectivity index (χ1v) is 12.8. The Morgan fingerprint density at radius 2 is 1.74 bits per heavy atom. The number of allylic oxidation sites excluding steroid dienone is 4. The summed E-state index contributed by atoms with van der Waals surface area (Å²) in [6.45, 7) is 2.33. The number of hydrogen-bond donors (Lipinski definition) is 0. The van der Waals surface area contributed by atoms with Gasteiger partial charge in [0.25, 0.3) is 0 Å². The second-order valence-electron chi connectivity index (χ2n) is 10.6. The maximum absolute atomic E-state index is 2.64. The standard InChI is InChI=1S/C33H24N2/c1-19-6-5-9-23(18-19)35-26-16-12-20-10-14-24-30-28(20)32(26)33-27(35)17-13-21-11-15-25(31(30)29(21)33)34(24)22-7-3-2-4-8-22/h2-10,12-17,19,26H,11,18H2,1H3. The topological polar surface area (TPSA) is 8.17 Å². The quantitative estimate of drug-likeness (QED) is 0.256. The molecule has 2 unspecified atom stereocenters. The lowest BCUT2D eigenvalue weighted by molar-refractivity contribution is 0.666. The molecule has 1 aromatic heterocycles. The second kappa shape index (κ2) is 6.14. The number of benzene rings is 4. The summed E-state index contributed by atoms with van der Waals surface area (Å²) in [5, 5.41) is 8.69. The van der Waals surface area contributed by atoms with Crippen LogP contribution >= 0.6 is 0 Å². The van der Waals surface area contributed by atoms with Gasteiger partial charge in [-0.2, -0.15) is 0 Å². The summed E-state index contributed by atoms with van der Waals surface area (Å²) in [6.07, 6.45) is 16.3. The van der Waals surface area contributed by atoms with E-state index in [0.717, 1.165) is 12.8 Å². The fourth-order valence-electron chi connectivity index (χ4n) is 7.33. The monoisotopic (exact) mass is 448 g/mol. The van der Waals surface area contributed by atoms with Crippen molar-refractivity contribution in [1.29, 1.82) is 0 Å². The van der Waals surface area contributed by atoms with E-state index in [9.17, 15) is 0 Å². The molecule has 35 heavy (non-hydrogen) atoms. The van der Waals surface area contributed by atoms with Crippen LogP contribution in [0, 0.1) is 5.92 Å². The van der Waals surface area contributed by atoms with Crippen LogP contribution in [0.4, 0.5) is 5.69 Å². The largest absolute Gasteiger partial charge is 0.333 e. The third-order valence-corrected chi connectivity index (χ3v) is 8.65. The molecule has 9 rings (SSSR count). The van der Waals surface area contributed by atoms with E-state index in [1.807, 2.05) is 0 Å². The van der Waals surface area contributed by atoms with Crippen molar-refractivity contribution in [2.45, 2.75) is 25.8 Å². The normalized spacial score (nSPS) is 21.2. The molecule has 0 fully saturated rings. The molecule has 4 aliphatic rings. The van der Waals surface area contributed by atoms with E-state index in [2.05, 4.69) is 107 Å². The summed E-state index contributed by atoms with van der Waals surface area (Å²) in [5.74, 6) is 0.572. The molecule has 2 atom stereocenters. The molecule has 2 heterocycles. The van der Waals surface area contributed by atoms with Crippen molar-refractivity contribution < 1.29 is 0 Å². The highest BCUT2D eigenvalue weighted by Gasteiger charge is 2.39. The van der Waals surface area contributed by atoms with Crippen LogP contribution in [-0.4, -0.2) is 4.57 Å². The van der Waals surface area contributed by atoms with Crippen molar-refractivity contribution in [3.63, 3.8) is 0 Å². The maximum Gasteiger partial charge on any atom is 0.0788 e. The van der Waals surface area contributed by atoms with Gasteiger partial charge >= 0.3 is 0 Å². The number of hydrogen-bond acceptors (Lipinski definition) is 1. The minimum absolute atomic E-state index is 0.266. The van der Waals surface area contributed by atoms with Gasteiger partial charge in [0.05, 0.1) is 22.6 Å². The Balaban J connectivity index is 1.50. The van der Waals surface area contributed by atoms with Crippen molar-refractivity contribution >= 4 is 50.3 Å². The smallest absolute Gasteiger partial charge is 0.0788 e. The highest BCUT2D eigenvalue weighted by atomic mass is 15.2. The van der Waals surface area contributed by atoms with Crippen molar-refractivity contribution in [1.82, 2.24) is 4.57 Å². The van der Waals surface area contributed by atoms with Crippen LogP contribution in [0.1, 0.15) is 36.1 Å². The Bertz CT molecular complexity index is 1910. The first kappa shape index (κ1) is 18.3. The highest BCUT2D eigenvalue weighted by Crippen LogP contribution is 2.56. The summed E-state index contributed by atoms with van der Waals surface area (Å²) in [6, 6.07) is 20.6. The zero-order valence-electron chi connectivity index (χ0n) is 19.6. The zero-order valence-corrected chi connectivity index (χ0v) is 19.6. The van der Waals surface area contributed by atoms with Crippen LogP contribution in [0.3, 0.4) is 0 Å². The molecule has 5 aromatic rings. The Hall–Kier alpha value is -4.04. The molecule has 1 aliphatic heterocycles. The Morgan fingerprint density at radius 3 is 2.63 bits per heavy atom. The van der Waals surface area contributed by atoms with Gasteiger partial charge in [0.2, 0.25) is 0 Å². The summed E-state index contributed by atoms with van der Waals surface area (Å²) in [7, 11) is 0. The lowest BCUT2D eigenvalue weighted by Gasteiger charge is -2.32. The molecule has 0 N–H and O–H groups in total. The molecular formula is C33H24N2. The molecule has 2 heteroatoms. The van der Waals surface area contributed by atoms with Crippen LogP contribution in [0.5, 0.6) is 0 Å². The van der Waals surface area contributed by atoms with E-state index in [-0.39, 0.29) is 6.04 Å². The second-order valence-corrected chi connectivity index (χ2v) is 10.6. The molecule has 0 spiro atoms. The average Bonchev–Trinajstić information content (AvgIpc) is 3.42. The van der Waals surface area contributed by atoms with Crippen LogP contribution in [0.15, 0.2) is 84.6 Å². The van der Waals surface area contributed by atoms with Gasteiger partial charge in [-0.1, -0.05) is 67.6 Å². The van der Waals surface area contributed by atoms with Gasteiger partial charge in [0.1, 0.15) is 0 Å². The zero-order chi connectivity index (χ0) is 22.8. The predicted molar refractivity (Wildman–Crippen MR) is 147 cm³/mol. The van der Waals surface area contributed by atoms with Crippen molar-refractivity contribution in [3.8, 4) is 5.69 Å². The molecule has 0 saturated heterocycles. The first-order chi connectivity index (χ1) is 17.3. The van der Waals surface area contributed by atoms with Crippen LogP contribution in [0.2, 0.25) is 0 Å². The van der Waals surface area contributed by atoms with Gasteiger partial charge in [0.15, 0.2) is 0 Å². The van der Waals surface area contributed by atoms with Gasteiger partial charge in [-0.3, -0.25) is 0 Å². The molecule has 0 radical (unpaired) electrons. The van der Waals surface area contributed by atoms with Gasteiger partial charge in [-0.25, -0.2) is 0 Å². The molecule has 3 aliphatic carbocycles. The van der Waals surface area contributed by atoms with Gasteiger partial charge in [-0.15, -0.1) is 0 Å². The fourth-order valence-corrected chi connectivity index (χ4v) is 7.33. The molecule has 166 valence electrons. The Kier molecular flexibility index (Phi) is 3.21. The fraction of sp³-hybridized carbons (Fsp3) is 0.152. The van der Waals surface area contributed by atoms with Crippen molar-refractivity contribution in [2.24, 2.45) is 5.92 Å². The van der Waals surface area contributed by atoms with E-state index in [4.69, 9.17) is 0 Å². The SMILES string of the molecule is CC1C=CC=C(N2c3ccc4c5c3c3c6c(ccc7c6c5c(n7-c5ccccc5)=CC4)C=CC32)C1. The number of anilines is 1.